The lowest BCUT2D eigenvalue weighted by molar-refractivity contribution is 0.288. The Kier molecular flexibility index (Phi) is 5.29. The van der Waals surface area contributed by atoms with Crippen LogP contribution in [0, 0.1) is 6.92 Å². The van der Waals surface area contributed by atoms with Crippen LogP contribution in [-0.4, -0.2) is 18.5 Å². The largest absolute Gasteiger partial charge is 0.463 e. The van der Waals surface area contributed by atoms with Crippen LogP contribution in [0.4, 0.5) is 0 Å². The molecule has 1 aromatic heterocycles. The van der Waals surface area contributed by atoms with Crippen molar-refractivity contribution < 1.29 is 4.42 Å². The van der Waals surface area contributed by atoms with E-state index in [4.69, 9.17) is 10.2 Å². The molecule has 0 aromatic carbocycles. The first kappa shape index (κ1) is 13.0. The Bertz CT molecular complexity index is 331. The van der Waals surface area contributed by atoms with Gasteiger partial charge in [0, 0.05) is 0 Å². The number of hydrogen-bond acceptors (Lipinski definition) is 3. The monoisotopic (exact) mass is 222 g/mol. The minimum atomic E-state index is 0.478. The van der Waals surface area contributed by atoms with Crippen molar-refractivity contribution in [3.05, 3.63) is 35.8 Å². The summed E-state index contributed by atoms with van der Waals surface area (Å²) in [7, 11) is 2.10. The van der Waals surface area contributed by atoms with Gasteiger partial charge in [0.25, 0.3) is 0 Å². The van der Waals surface area contributed by atoms with E-state index in [1.807, 2.05) is 13.0 Å². The number of nitrogens with two attached hydrogens (primary N) is 1. The SMILES string of the molecule is C=CCCCN(C)Cc1cc(C)c(CN)o1. The molecule has 90 valence electrons. The van der Waals surface area contributed by atoms with Gasteiger partial charge >= 0.3 is 0 Å². The summed E-state index contributed by atoms with van der Waals surface area (Å²) < 4.78 is 5.65. The molecule has 0 aliphatic heterocycles. The average Bonchev–Trinajstić information content (AvgIpc) is 2.59. The van der Waals surface area contributed by atoms with Crippen molar-refractivity contribution in [2.75, 3.05) is 13.6 Å². The Morgan fingerprint density at radius 1 is 1.56 bits per heavy atom. The number of nitrogens with zero attached hydrogens (tertiary/aromatic N) is 1. The third-order valence-electron chi connectivity index (χ3n) is 2.63. The molecule has 1 aromatic rings. The predicted octanol–water partition coefficient (Wildman–Crippen LogP) is 2.44. The van der Waals surface area contributed by atoms with Crippen molar-refractivity contribution in [2.24, 2.45) is 5.73 Å². The van der Waals surface area contributed by atoms with E-state index in [0.29, 0.717) is 6.54 Å². The van der Waals surface area contributed by atoms with E-state index in [9.17, 15) is 0 Å². The molecule has 3 nitrogen and oxygen atoms in total. The molecule has 0 saturated carbocycles. The Morgan fingerprint density at radius 3 is 2.88 bits per heavy atom. The fourth-order valence-electron chi connectivity index (χ4n) is 1.72. The second-order valence-corrected chi connectivity index (χ2v) is 4.19. The van der Waals surface area contributed by atoms with Crippen LogP contribution in [0.5, 0.6) is 0 Å². The molecule has 0 unspecified atom stereocenters. The van der Waals surface area contributed by atoms with Crippen LogP contribution >= 0.6 is 0 Å². The zero-order valence-electron chi connectivity index (χ0n) is 10.3. The van der Waals surface area contributed by atoms with Gasteiger partial charge in [-0.15, -0.1) is 6.58 Å². The van der Waals surface area contributed by atoms with E-state index in [0.717, 1.165) is 43.0 Å². The molecule has 2 N–H and O–H groups in total. The van der Waals surface area contributed by atoms with Crippen LogP contribution in [0.25, 0.3) is 0 Å². The van der Waals surface area contributed by atoms with Crippen molar-refractivity contribution in [2.45, 2.75) is 32.9 Å². The smallest absolute Gasteiger partial charge is 0.120 e. The van der Waals surface area contributed by atoms with Gasteiger partial charge in [-0.2, -0.15) is 0 Å². The first-order valence-corrected chi connectivity index (χ1v) is 5.75. The summed E-state index contributed by atoms with van der Waals surface area (Å²) in [5.41, 5.74) is 6.72. The molecular formula is C13H22N2O. The van der Waals surface area contributed by atoms with E-state index >= 15 is 0 Å². The van der Waals surface area contributed by atoms with E-state index in [2.05, 4.69) is 24.6 Å². The molecule has 3 heteroatoms. The summed E-state index contributed by atoms with van der Waals surface area (Å²) in [5.74, 6) is 1.90. The Labute approximate surface area is 97.9 Å². The van der Waals surface area contributed by atoms with Gasteiger partial charge in [-0.05, 0) is 45.0 Å². The molecule has 0 radical (unpaired) electrons. The van der Waals surface area contributed by atoms with Gasteiger partial charge in [0.05, 0.1) is 13.1 Å². The lowest BCUT2D eigenvalue weighted by Crippen LogP contribution is -2.18. The minimum Gasteiger partial charge on any atom is -0.463 e. The lowest BCUT2D eigenvalue weighted by Gasteiger charge is -2.13. The van der Waals surface area contributed by atoms with Crippen molar-refractivity contribution in [3.8, 4) is 0 Å². The number of unbranched alkanes of at least 4 members (excludes halogenated alkanes) is 1. The van der Waals surface area contributed by atoms with Crippen LogP contribution in [0.2, 0.25) is 0 Å². The van der Waals surface area contributed by atoms with E-state index in [-0.39, 0.29) is 0 Å². The van der Waals surface area contributed by atoms with Gasteiger partial charge in [0.1, 0.15) is 11.5 Å². The molecule has 1 rings (SSSR count). The van der Waals surface area contributed by atoms with E-state index < -0.39 is 0 Å². The van der Waals surface area contributed by atoms with Crippen molar-refractivity contribution in [3.63, 3.8) is 0 Å². The summed E-state index contributed by atoms with van der Waals surface area (Å²) in [6.45, 7) is 8.13. The molecule has 0 fully saturated rings. The molecule has 0 amide bonds. The highest BCUT2D eigenvalue weighted by atomic mass is 16.3. The zero-order valence-corrected chi connectivity index (χ0v) is 10.3. The predicted molar refractivity (Wildman–Crippen MR) is 67.1 cm³/mol. The van der Waals surface area contributed by atoms with Crippen LogP contribution in [0.15, 0.2) is 23.1 Å². The van der Waals surface area contributed by atoms with Crippen LogP contribution in [0.3, 0.4) is 0 Å². The molecular weight excluding hydrogens is 200 g/mol. The highest BCUT2D eigenvalue weighted by molar-refractivity contribution is 5.19. The van der Waals surface area contributed by atoms with Crippen molar-refractivity contribution >= 4 is 0 Å². The molecule has 0 spiro atoms. The number of hydrogen-bond donors (Lipinski definition) is 1. The fourth-order valence-corrected chi connectivity index (χ4v) is 1.72. The standard InChI is InChI=1S/C13H22N2O/c1-4-5-6-7-15(3)10-12-8-11(2)13(9-14)16-12/h4,8H,1,5-7,9-10,14H2,2-3H3. The molecule has 1 heterocycles. The van der Waals surface area contributed by atoms with Crippen molar-refractivity contribution in [1.82, 2.24) is 4.90 Å². The molecule has 0 atom stereocenters. The number of furan rings is 1. The highest BCUT2D eigenvalue weighted by Crippen LogP contribution is 2.15. The summed E-state index contributed by atoms with van der Waals surface area (Å²) in [6.07, 6.45) is 4.16. The van der Waals surface area contributed by atoms with Gasteiger partial charge in [0.15, 0.2) is 0 Å². The van der Waals surface area contributed by atoms with E-state index in [1.165, 1.54) is 0 Å². The maximum Gasteiger partial charge on any atom is 0.120 e. The van der Waals surface area contributed by atoms with Gasteiger partial charge in [-0.1, -0.05) is 6.08 Å². The number of allylic oxidation sites excluding steroid dienone is 1. The third-order valence-corrected chi connectivity index (χ3v) is 2.63. The second kappa shape index (κ2) is 6.51. The Hall–Kier alpha value is -1.06. The normalized spacial score (nSPS) is 11.0. The van der Waals surface area contributed by atoms with Crippen LogP contribution in [0.1, 0.15) is 29.9 Å². The number of rotatable bonds is 7. The quantitative estimate of drug-likeness (QED) is 0.569. The number of aryl methyl sites for hydroxylation is 1. The minimum absolute atomic E-state index is 0.478. The van der Waals surface area contributed by atoms with Gasteiger partial charge < -0.3 is 10.2 Å². The van der Waals surface area contributed by atoms with Crippen LogP contribution < -0.4 is 5.73 Å². The van der Waals surface area contributed by atoms with Gasteiger partial charge in [-0.3, -0.25) is 4.90 Å². The summed E-state index contributed by atoms with van der Waals surface area (Å²) in [5, 5.41) is 0. The second-order valence-electron chi connectivity index (χ2n) is 4.19. The molecule has 0 bridgehead atoms. The lowest BCUT2D eigenvalue weighted by atomic mass is 10.2. The maximum absolute atomic E-state index is 5.65. The molecule has 0 saturated heterocycles. The molecule has 0 aliphatic rings. The first-order chi connectivity index (χ1) is 7.67. The summed E-state index contributed by atoms with van der Waals surface area (Å²) >= 11 is 0. The highest BCUT2D eigenvalue weighted by Gasteiger charge is 2.07. The topological polar surface area (TPSA) is 42.4 Å². The Balaban J connectivity index is 2.42. The van der Waals surface area contributed by atoms with Gasteiger partial charge in [-0.25, -0.2) is 0 Å². The first-order valence-electron chi connectivity index (χ1n) is 5.75. The average molecular weight is 222 g/mol. The van der Waals surface area contributed by atoms with E-state index in [1.54, 1.807) is 0 Å². The third kappa shape index (κ3) is 3.83. The zero-order chi connectivity index (χ0) is 12.0. The van der Waals surface area contributed by atoms with Crippen molar-refractivity contribution in [1.29, 1.82) is 0 Å². The summed E-state index contributed by atoms with van der Waals surface area (Å²) in [4.78, 5) is 2.25. The fraction of sp³-hybridized carbons (Fsp3) is 0.538. The van der Waals surface area contributed by atoms with Gasteiger partial charge in [0.2, 0.25) is 0 Å². The summed E-state index contributed by atoms with van der Waals surface area (Å²) in [6, 6.07) is 2.08. The molecule has 16 heavy (non-hydrogen) atoms. The molecule has 0 aliphatic carbocycles. The van der Waals surface area contributed by atoms with Crippen LogP contribution in [-0.2, 0) is 13.1 Å². The maximum atomic E-state index is 5.65. The Morgan fingerprint density at radius 2 is 2.31 bits per heavy atom.